The molecule has 0 N–H and O–H groups in total. The van der Waals surface area contributed by atoms with Crippen LogP contribution in [0.1, 0.15) is 0 Å². The van der Waals surface area contributed by atoms with Crippen LogP contribution in [0.5, 0.6) is 0 Å². The predicted octanol–water partition coefficient (Wildman–Crippen LogP) is 15.5. The van der Waals surface area contributed by atoms with E-state index in [0.29, 0.717) is 0 Å². The zero-order chi connectivity index (χ0) is 37.0. The van der Waals surface area contributed by atoms with Crippen LogP contribution >= 0.6 is 0 Å². The van der Waals surface area contributed by atoms with E-state index in [2.05, 4.69) is 217 Å². The molecule has 0 spiro atoms. The highest BCUT2D eigenvalue weighted by Gasteiger charge is 2.21. The van der Waals surface area contributed by atoms with Gasteiger partial charge in [0.1, 0.15) is 11.2 Å². The number of para-hydroxylation sites is 1. The SMILES string of the molecule is c1ccc(-c2ccccc2N(c2ccc(-c3cccc4oc5c6ccccc6c(-c6cccc7ccccc67)cc5c34)cc2)c2cccc3ccccc23)cc1. The van der Waals surface area contributed by atoms with Crippen molar-refractivity contribution in [2.45, 2.75) is 0 Å². The van der Waals surface area contributed by atoms with Gasteiger partial charge in [0, 0.05) is 32.8 Å². The molecule has 2 nitrogen and oxygen atoms in total. The minimum Gasteiger partial charge on any atom is -0.455 e. The van der Waals surface area contributed by atoms with Crippen LogP contribution in [0.3, 0.4) is 0 Å². The van der Waals surface area contributed by atoms with Gasteiger partial charge in [0.2, 0.25) is 0 Å². The maximum atomic E-state index is 6.77. The van der Waals surface area contributed by atoms with E-state index in [9.17, 15) is 0 Å². The second-order valence-electron chi connectivity index (χ2n) is 14.4. The van der Waals surface area contributed by atoms with Crippen molar-refractivity contribution < 1.29 is 4.42 Å². The highest BCUT2D eigenvalue weighted by Crippen LogP contribution is 2.46. The summed E-state index contributed by atoms with van der Waals surface area (Å²) in [5, 5.41) is 9.43. The van der Waals surface area contributed by atoms with E-state index in [1.807, 2.05) is 0 Å². The Bertz CT molecular complexity index is 3240. The zero-order valence-electron chi connectivity index (χ0n) is 30.6. The quantitative estimate of drug-likeness (QED) is 0.171. The van der Waals surface area contributed by atoms with Crippen LogP contribution in [-0.2, 0) is 0 Å². The lowest BCUT2D eigenvalue weighted by Gasteiger charge is -2.29. The third-order valence-corrected chi connectivity index (χ3v) is 11.3. The summed E-state index contributed by atoms with van der Waals surface area (Å²) in [6.07, 6.45) is 0. The molecule has 0 amide bonds. The third kappa shape index (κ3) is 5.19. The molecule has 262 valence electrons. The van der Waals surface area contributed by atoms with Crippen LogP contribution in [-0.4, -0.2) is 0 Å². The fourth-order valence-electron chi connectivity index (χ4n) is 8.70. The minimum absolute atomic E-state index is 0.885. The van der Waals surface area contributed by atoms with Crippen LogP contribution in [0.4, 0.5) is 17.1 Å². The molecule has 2 heteroatoms. The van der Waals surface area contributed by atoms with Crippen molar-refractivity contribution in [2.24, 2.45) is 0 Å². The first-order chi connectivity index (χ1) is 27.8. The molecule has 0 saturated heterocycles. The number of hydrogen-bond donors (Lipinski definition) is 0. The lowest BCUT2D eigenvalue weighted by molar-refractivity contribution is 0.673. The Balaban J connectivity index is 1.11. The maximum Gasteiger partial charge on any atom is 0.143 e. The van der Waals surface area contributed by atoms with Gasteiger partial charge in [-0.05, 0) is 85.8 Å². The van der Waals surface area contributed by atoms with Crippen LogP contribution < -0.4 is 4.90 Å². The maximum absolute atomic E-state index is 6.77. The molecule has 0 aliphatic rings. The molecule has 0 unspecified atom stereocenters. The van der Waals surface area contributed by atoms with Crippen LogP contribution in [0.25, 0.3) is 87.6 Å². The molecule has 0 radical (unpaired) electrons. The summed E-state index contributed by atoms with van der Waals surface area (Å²) in [5.74, 6) is 0. The van der Waals surface area contributed by atoms with Gasteiger partial charge in [-0.2, -0.15) is 0 Å². The Labute approximate surface area is 325 Å². The van der Waals surface area contributed by atoms with Gasteiger partial charge in [0.05, 0.1) is 11.4 Å². The Morgan fingerprint density at radius 2 is 0.875 bits per heavy atom. The normalized spacial score (nSPS) is 11.6. The van der Waals surface area contributed by atoms with Crippen molar-refractivity contribution in [3.05, 3.63) is 212 Å². The van der Waals surface area contributed by atoms with Gasteiger partial charge in [0.15, 0.2) is 0 Å². The summed E-state index contributed by atoms with van der Waals surface area (Å²) >= 11 is 0. The summed E-state index contributed by atoms with van der Waals surface area (Å²) in [5.41, 5.74) is 12.2. The van der Waals surface area contributed by atoms with Crippen molar-refractivity contribution in [3.8, 4) is 33.4 Å². The van der Waals surface area contributed by atoms with Gasteiger partial charge in [0.25, 0.3) is 0 Å². The Morgan fingerprint density at radius 3 is 1.70 bits per heavy atom. The van der Waals surface area contributed by atoms with Crippen molar-refractivity contribution in [3.63, 3.8) is 0 Å². The fraction of sp³-hybridized carbons (Fsp3) is 0. The molecule has 56 heavy (non-hydrogen) atoms. The second-order valence-corrected chi connectivity index (χ2v) is 14.4. The van der Waals surface area contributed by atoms with E-state index in [1.54, 1.807) is 0 Å². The first-order valence-electron chi connectivity index (χ1n) is 19.2. The Morgan fingerprint density at radius 1 is 0.321 bits per heavy atom. The molecule has 0 saturated carbocycles. The zero-order valence-corrected chi connectivity index (χ0v) is 30.6. The minimum atomic E-state index is 0.885. The van der Waals surface area contributed by atoms with Crippen molar-refractivity contribution in [2.75, 3.05) is 4.90 Å². The summed E-state index contributed by atoms with van der Waals surface area (Å²) in [7, 11) is 0. The molecule has 0 fully saturated rings. The number of fused-ring (bicyclic) bond motifs is 7. The molecule has 11 aromatic rings. The van der Waals surface area contributed by atoms with E-state index in [-0.39, 0.29) is 0 Å². The van der Waals surface area contributed by atoms with E-state index in [1.165, 1.54) is 49.2 Å². The van der Waals surface area contributed by atoms with Crippen molar-refractivity contribution in [1.82, 2.24) is 0 Å². The largest absolute Gasteiger partial charge is 0.455 e. The highest BCUT2D eigenvalue weighted by atomic mass is 16.3. The molecule has 1 aromatic heterocycles. The number of nitrogens with zero attached hydrogens (tertiary/aromatic N) is 1. The highest BCUT2D eigenvalue weighted by molar-refractivity contribution is 6.23. The summed E-state index contributed by atoms with van der Waals surface area (Å²) in [4.78, 5) is 2.41. The first-order valence-corrected chi connectivity index (χ1v) is 19.2. The molecule has 0 atom stereocenters. The van der Waals surface area contributed by atoms with Gasteiger partial charge in [-0.25, -0.2) is 0 Å². The summed E-state index contributed by atoms with van der Waals surface area (Å²) in [6.45, 7) is 0. The van der Waals surface area contributed by atoms with Gasteiger partial charge in [-0.15, -0.1) is 0 Å². The van der Waals surface area contributed by atoms with E-state index >= 15 is 0 Å². The van der Waals surface area contributed by atoms with E-state index < -0.39 is 0 Å². The van der Waals surface area contributed by atoms with Crippen molar-refractivity contribution >= 4 is 71.3 Å². The molecule has 0 bridgehead atoms. The number of furan rings is 1. The Kier molecular flexibility index (Phi) is 7.53. The molecule has 1 heterocycles. The lowest BCUT2D eigenvalue weighted by atomic mass is 9.91. The molecule has 0 aliphatic heterocycles. The van der Waals surface area contributed by atoms with Crippen LogP contribution in [0.2, 0.25) is 0 Å². The predicted molar refractivity (Wildman–Crippen MR) is 237 cm³/mol. The summed E-state index contributed by atoms with van der Waals surface area (Å²) < 4.78 is 6.77. The lowest BCUT2D eigenvalue weighted by Crippen LogP contribution is -2.11. The van der Waals surface area contributed by atoms with Crippen molar-refractivity contribution in [1.29, 1.82) is 0 Å². The molecule has 11 rings (SSSR count). The Hall–Kier alpha value is -7.42. The molecule has 10 aromatic carbocycles. The summed E-state index contributed by atoms with van der Waals surface area (Å²) in [6, 6.07) is 76.3. The van der Waals surface area contributed by atoms with E-state index in [4.69, 9.17) is 4.42 Å². The van der Waals surface area contributed by atoms with Gasteiger partial charge < -0.3 is 9.32 Å². The first kappa shape index (κ1) is 32.0. The molecular weight excluding hydrogens is 679 g/mol. The average Bonchev–Trinajstić information content (AvgIpc) is 3.66. The van der Waals surface area contributed by atoms with Gasteiger partial charge >= 0.3 is 0 Å². The smallest absolute Gasteiger partial charge is 0.143 e. The van der Waals surface area contributed by atoms with Gasteiger partial charge in [-0.1, -0.05) is 176 Å². The van der Waals surface area contributed by atoms with Crippen LogP contribution in [0.15, 0.2) is 217 Å². The average molecular weight is 714 g/mol. The fourth-order valence-corrected chi connectivity index (χ4v) is 8.70. The molecule has 0 aliphatic carbocycles. The van der Waals surface area contributed by atoms with E-state index in [0.717, 1.165) is 55.5 Å². The second kappa shape index (κ2) is 13.2. The van der Waals surface area contributed by atoms with Crippen LogP contribution in [0, 0.1) is 0 Å². The number of benzene rings is 10. The molecular formula is C54H35NO. The standard InChI is InChI=1S/C54H35NO/c1-2-15-37(16-3-1)42-23-10-11-28-50(42)55(51-29-13-20-38-18-5-7-22-43(38)51)40-33-31-39(32-34-40)44-26-14-30-52-53(44)49-35-48(46-24-8-9-25-47(46)54(49)56-52)45-27-12-19-36-17-4-6-21-41(36)45/h1-35H. The third-order valence-electron chi connectivity index (χ3n) is 11.3. The number of hydrogen-bond acceptors (Lipinski definition) is 2. The monoisotopic (exact) mass is 713 g/mol. The van der Waals surface area contributed by atoms with Gasteiger partial charge in [-0.3, -0.25) is 0 Å². The number of anilines is 3. The number of rotatable bonds is 6. The topological polar surface area (TPSA) is 16.4 Å².